The molecule has 0 aliphatic rings. The van der Waals surface area contributed by atoms with Crippen LogP contribution in [0.4, 0.5) is 0 Å². The van der Waals surface area contributed by atoms with E-state index in [-0.39, 0.29) is 11.5 Å². The lowest BCUT2D eigenvalue weighted by Crippen LogP contribution is -2.00. The van der Waals surface area contributed by atoms with Crippen LogP contribution in [0.15, 0.2) is 21.4 Å². The first-order chi connectivity index (χ1) is 8.11. The van der Waals surface area contributed by atoms with Crippen LogP contribution in [-0.4, -0.2) is 15.8 Å². The van der Waals surface area contributed by atoms with Gasteiger partial charge in [0.2, 0.25) is 0 Å². The van der Waals surface area contributed by atoms with Crippen molar-refractivity contribution in [3.8, 4) is 0 Å². The van der Waals surface area contributed by atoms with Gasteiger partial charge in [-0.3, -0.25) is 4.79 Å². The number of fused-ring (bicyclic) bond motifs is 1. The minimum absolute atomic E-state index is 0.0997. The van der Waals surface area contributed by atoms with Gasteiger partial charge < -0.3 is 9.97 Å². The largest absolute Gasteiger partial charge is 0.323 e. The second-order valence-electron chi connectivity index (χ2n) is 3.98. The van der Waals surface area contributed by atoms with Crippen LogP contribution in [0.25, 0.3) is 11.0 Å². The Labute approximate surface area is 107 Å². The molecule has 1 aromatic heterocycles. The number of hydrogen-bond acceptors (Lipinski definition) is 2. The van der Waals surface area contributed by atoms with Crippen LogP contribution in [0.5, 0.6) is 0 Å². The van der Waals surface area contributed by atoms with Crippen molar-refractivity contribution in [1.82, 2.24) is 9.97 Å². The topological polar surface area (TPSA) is 65.7 Å². The lowest BCUT2D eigenvalue weighted by atomic mass is 10.1. The number of halogens is 1. The summed E-state index contributed by atoms with van der Waals surface area (Å²) in [7, 11) is 0. The summed E-state index contributed by atoms with van der Waals surface area (Å²) in [6.07, 6.45) is 2.41. The summed E-state index contributed by atoms with van der Waals surface area (Å²) in [5, 5.41) is 0. The van der Waals surface area contributed by atoms with Crippen molar-refractivity contribution in [3.05, 3.63) is 32.7 Å². The van der Waals surface area contributed by atoms with E-state index in [0.29, 0.717) is 23.0 Å². The average Bonchev–Trinajstić information content (AvgIpc) is 2.64. The molecule has 2 N–H and O–H groups in total. The summed E-state index contributed by atoms with van der Waals surface area (Å²) >= 11 is 3.36. The molecule has 0 bridgehead atoms. The van der Waals surface area contributed by atoms with Crippen LogP contribution in [0.1, 0.15) is 36.5 Å². The van der Waals surface area contributed by atoms with Gasteiger partial charge in [-0.25, -0.2) is 4.79 Å². The van der Waals surface area contributed by atoms with E-state index >= 15 is 0 Å². The molecule has 0 spiro atoms. The Bertz CT molecular complexity index is 612. The number of hydrogen-bond donors (Lipinski definition) is 2. The minimum atomic E-state index is -0.259. The smallest absolute Gasteiger partial charge is 0.306 e. The molecule has 4 nitrogen and oxygen atoms in total. The summed E-state index contributed by atoms with van der Waals surface area (Å²) in [6.45, 7) is 2.05. The number of unbranched alkanes of at least 4 members (excludes halogenated alkanes) is 1. The second kappa shape index (κ2) is 4.87. The first-order valence-corrected chi connectivity index (χ1v) is 6.36. The Balaban J connectivity index is 2.43. The van der Waals surface area contributed by atoms with Crippen LogP contribution in [0.2, 0.25) is 0 Å². The number of carbonyl (C=O) groups excluding carboxylic acids is 1. The fourth-order valence-corrected chi connectivity index (χ4v) is 2.31. The molecular weight excluding hydrogens is 284 g/mol. The summed E-state index contributed by atoms with van der Waals surface area (Å²) < 4.78 is 0.723. The van der Waals surface area contributed by atoms with Gasteiger partial charge in [0, 0.05) is 16.5 Å². The predicted molar refractivity (Wildman–Crippen MR) is 70.5 cm³/mol. The first-order valence-electron chi connectivity index (χ1n) is 5.56. The molecule has 0 aliphatic heterocycles. The lowest BCUT2D eigenvalue weighted by Gasteiger charge is -2.03. The van der Waals surface area contributed by atoms with Crippen molar-refractivity contribution in [3.63, 3.8) is 0 Å². The van der Waals surface area contributed by atoms with E-state index in [1.165, 1.54) is 0 Å². The second-order valence-corrected chi connectivity index (χ2v) is 4.84. The van der Waals surface area contributed by atoms with Gasteiger partial charge in [0.05, 0.1) is 11.0 Å². The summed E-state index contributed by atoms with van der Waals surface area (Å²) in [6, 6.07) is 3.47. The van der Waals surface area contributed by atoms with Crippen molar-refractivity contribution < 1.29 is 4.79 Å². The maximum absolute atomic E-state index is 11.9. The van der Waals surface area contributed by atoms with Crippen molar-refractivity contribution in [2.45, 2.75) is 26.2 Å². The third-order valence-electron chi connectivity index (χ3n) is 2.66. The molecule has 5 heteroatoms. The highest BCUT2D eigenvalue weighted by atomic mass is 79.9. The SMILES string of the molecule is CCCCC(=O)c1cc2[nH]c(=O)[nH]c2cc1Br. The van der Waals surface area contributed by atoms with E-state index in [0.717, 1.165) is 17.3 Å². The molecule has 0 aliphatic carbocycles. The van der Waals surface area contributed by atoms with E-state index in [9.17, 15) is 9.59 Å². The molecule has 0 amide bonds. The van der Waals surface area contributed by atoms with Gasteiger partial charge >= 0.3 is 5.69 Å². The van der Waals surface area contributed by atoms with Gasteiger partial charge in [-0.15, -0.1) is 0 Å². The highest BCUT2D eigenvalue weighted by molar-refractivity contribution is 9.10. The van der Waals surface area contributed by atoms with E-state index < -0.39 is 0 Å². The number of rotatable bonds is 4. The van der Waals surface area contributed by atoms with Gasteiger partial charge in [0.25, 0.3) is 0 Å². The van der Waals surface area contributed by atoms with E-state index in [1.54, 1.807) is 12.1 Å². The standard InChI is InChI=1S/C12H13BrN2O2/c1-2-3-4-11(16)7-5-9-10(6-8(7)13)15-12(17)14-9/h5-6H,2-4H2,1H3,(H2,14,15,17). The molecule has 1 heterocycles. The third-order valence-corrected chi connectivity index (χ3v) is 3.32. The van der Waals surface area contributed by atoms with Crippen molar-refractivity contribution in [2.24, 2.45) is 0 Å². The Morgan fingerprint density at radius 1 is 1.29 bits per heavy atom. The number of nitrogens with one attached hydrogen (secondary N) is 2. The van der Waals surface area contributed by atoms with E-state index in [4.69, 9.17) is 0 Å². The zero-order valence-electron chi connectivity index (χ0n) is 9.47. The zero-order chi connectivity index (χ0) is 12.4. The third kappa shape index (κ3) is 2.49. The summed E-state index contributed by atoms with van der Waals surface area (Å²) in [5.41, 5.74) is 1.73. The molecule has 0 atom stereocenters. The molecular formula is C12H13BrN2O2. The normalized spacial score (nSPS) is 10.9. The molecule has 0 radical (unpaired) electrons. The zero-order valence-corrected chi connectivity index (χ0v) is 11.1. The van der Waals surface area contributed by atoms with Crippen LogP contribution in [0, 0.1) is 0 Å². The maximum atomic E-state index is 11.9. The molecule has 0 saturated carbocycles. The number of aromatic amines is 2. The van der Waals surface area contributed by atoms with Gasteiger partial charge in [-0.1, -0.05) is 13.3 Å². The van der Waals surface area contributed by atoms with Crippen LogP contribution >= 0.6 is 15.9 Å². The highest BCUT2D eigenvalue weighted by Crippen LogP contribution is 2.23. The molecule has 0 fully saturated rings. The Hall–Kier alpha value is -1.36. The first kappa shape index (κ1) is 12.1. The molecule has 1 aromatic carbocycles. The molecule has 17 heavy (non-hydrogen) atoms. The number of imidazole rings is 1. The fourth-order valence-electron chi connectivity index (χ4n) is 1.74. The van der Waals surface area contributed by atoms with Crippen LogP contribution < -0.4 is 5.69 Å². The number of carbonyl (C=O) groups is 1. The van der Waals surface area contributed by atoms with Crippen LogP contribution in [-0.2, 0) is 0 Å². The van der Waals surface area contributed by atoms with Crippen molar-refractivity contribution in [2.75, 3.05) is 0 Å². The Morgan fingerprint density at radius 3 is 2.59 bits per heavy atom. The number of H-pyrrole nitrogens is 2. The van der Waals surface area contributed by atoms with Crippen molar-refractivity contribution in [1.29, 1.82) is 0 Å². The molecule has 2 aromatic rings. The van der Waals surface area contributed by atoms with Gasteiger partial charge in [-0.2, -0.15) is 0 Å². The average molecular weight is 297 g/mol. The Morgan fingerprint density at radius 2 is 1.94 bits per heavy atom. The van der Waals surface area contributed by atoms with Gasteiger partial charge in [-0.05, 0) is 34.5 Å². The fraction of sp³-hybridized carbons (Fsp3) is 0.333. The summed E-state index contributed by atoms with van der Waals surface area (Å²) in [4.78, 5) is 28.4. The predicted octanol–water partition coefficient (Wildman–Crippen LogP) is 2.99. The summed E-state index contributed by atoms with van der Waals surface area (Å²) in [5.74, 6) is 0.0997. The number of benzene rings is 1. The quantitative estimate of drug-likeness (QED) is 0.852. The number of aromatic nitrogens is 2. The lowest BCUT2D eigenvalue weighted by molar-refractivity contribution is 0.0979. The monoisotopic (exact) mass is 296 g/mol. The molecule has 0 unspecified atom stereocenters. The van der Waals surface area contributed by atoms with Gasteiger partial charge in [0.15, 0.2) is 5.78 Å². The highest BCUT2D eigenvalue weighted by Gasteiger charge is 2.12. The maximum Gasteiger partial charge on any atom is 0.323 e. The Kier molecular flexibility index (Phi) is 3.47. The van der Waals surface area contributed by atoms with E-state index in [2.05, 4.69) is 32.8 Å². The number of Topliss-reactive ketones (excluding diaryl/α,β-unsaturated/α-hetero) is 1. The van der Waals surface area contributed by atoms with Gasteiger partial charge in [0.1, 0.15) is 0 Å². The minimum Gasteiger partial charge on any atom is -0.306 e. The van der Waals surface area contributed by atoms with Crippen LogP contribution in [0.3, 0.4) is 0 Å². The number of ketones is 1. The molecule has 2 rings (SSSR count). The van der Waals surface area contributed by atoms with E-state index in [1.807, 2.05) is 0 Å². The molecule has 0 saturated heterocycles. The van der Waals surface area contributed by atoms with Crippen molar-refractivity contribution >= 4 is 32.7 Å². The molecule has 90 valence electrons.